The van der Waals surface area contributed by atoms with Crippen molar-refractivity contribution < 1.29 is 4.79 Å². The molecule has 1 aromatic carbocycles. The lowest BCUT2D eigenvalue weighted by Gasteiger charge is -2.33. The molecule has 0 radical (unpaired) electrons. The van der Waals surface area contributed by atoms with Crippen LogP contribution in [0.1, 0.15) is 16.8 Å². The van der Waals surface area contributed by atoms with Crippen LogP contribution in [0.4, 0.5) is 11.8 Å². The van der Waals surface area contributed by atoms with Crippen LogP contribution in [0.3, 0.4) is 0 Å². The van der Waals surface area contributed by atoms with Crippen LogP contribution in [0.5, 0.6) is 0 Å². The highest BCUT2D eigenvalue weighted by molar-refractivity contribution is 5.50. The molecule has 0 atom stereocenters. The lowest BCUT2D eigenvalue weighted by Crippen LogP contribution is -2.46. The van der Waals surface area contributed by atoms with Gasteiger partial charge in [0.1, 0.15) is 5.82 Å². The molecule has 1 amide bonds. The summed E-state index contributed by atoms with van der Waals surface area (Å²) in [6.45, 7) is 7.85. The van der Waals surface area contributed by atoms with E-state index in [0.717, 1.165) is 44.1 Å². The Hall–Kier alpha value is -2.63. The summed E-state index contributed by atoms with van der Waals surface area (Å²) in [6.07, 6.45) is 0.914. The van der Waals surface area contributed by atoms with E-state index in [4.69, 9.17) is 0 Å². The summed E-state index contributed by atoms with van der Waals surface area (Å²) in [4.78, 5) is 24.0. The number of benzene rings is 1. The van der Waals surface area contributed by atoms with Crippen LogP contribution < -0.4 is 10.2 Å². The third-order valence-corrected chi connectivity index (χ3v) is 4.33. The number of carbonyl (C=O) groups is 1. The molecule has 1 aliphatic heterocycles. The molecule has 6 nitrogen and oxygen atoms in total. The van der Waals surface area contributed by atoms with Crippen LogP contribution in [0.2, 0.25) is 0 Å². The molecular weight excluding hydrogens is 302 g/mol. The fraction of sp³-hybridized carbons (Fsp3) is 0.389. The lowest BCUT2D eigenvalue weighted by molar-refractivity contribution is -0.118. The number of carbonyl (C=O) groups excluding carboxylic acids is 1. The Kier molecular flexibility index (Phi) is 4.93. The van der Waals surface area contributed by atoms with Crippen LogP contribution in [-0.2, 0) is 11.3 Å². The molecule has 3 rings (SSSR count). The average Bonchev–Trinajstić information content (AvgIpc) is 2.61. The predicted octanol–water partition coefficient (Wildman–Crippen LogP) is 1.98. The number of hydrogen-bond donors (Lipinski definition) is 1. The minimum Gasteiger partial charge on any atom is -0.353 e. The van der Waals surface area contributed by atoms with E-state index in [9.17, 15) is 4.79 Å². The molecule has 6 heteroatoms. The molecule has 0 spiro atoms. The highest BCUT2D eigenvalue weighted by Crippen LogP contribution is 2.17. The van der Waals surface area contributed by atoms with Gasteiger partial charge in [-0.05, 0) is 25.0 Å². The van der Waals surface area contributed by atoms with Crippen LogP contribution in [0.15, 0.2) is 30.3 Å². The molecule has 0 bridgehead atoms. The Morgan fingerprint density at radius 1 is 1.12 bits per heavy atom. The first kappa shape index (κ1) is 16.2. The number of hydrogen-bond acceptors (Lipinski definition) is 5. The second-order valence-corrected chi connectivity index (χ2v) is 6.10. The first-order valence-corrected chi connectivity index (χ1v) is 8.24. The molecule has 0 aliphatic carbocycles. The monoisotopic (exact) mass is 325 g/mol. The van der Waals surface area contributed by atoms with Gasteiger partial charge in [0.15, 0.2) is 0 Å². The predicted molar refractivity (Wildman–Crippen MR) is 95.1 cm³/mol. The first-order valence-electron chi connectivity index (χ1n) is 8.24. The molecule has 2 aromatic rings. The quantitative estimate of drug-likeness (QED) is 0.852. The fourth-order valence-electron chi connectivity index (χ4n) is 2.83. The van der Waals surface area contributed by atoms with Crippen molar-refractivity contribution in [1.29, 1.82) is 0 Å². The molecule has 126 valence electrons. The molecule has 1 fully saturated rings. The Morgan fingerprint density at radius 2 is 1.88 bits per heavy atom. The van der Waals surface area contributed by atoms with Crippen molar-refractivity contribution >= 4 is 18.2 Å². The zero-order chi connectivity index (χ0) is 16.9. The van der Waals surface area contributed by atoms with Crippen molar-refractivity contribution in [3.05, 3.63) is 47.2 Å². The summed E-state index contributed by atoms with van der Waals surface area (Å²) in [7, 11) is 0. The Balaban J connectivity index is 1.70. The number of nitrogens with zero attached hydrogens (tertiary/aromatic N) is 4. The van der Waals surface area contributed by atoms with Gasteiger partial charge in [-0.25, -0.2) is 4.98 Å². The highest BCUT2D eigenvalue weighted by Gasteiger charge is 2.17. The van der Waals surface area contributed by atoms with E-state index in [2.05, 4.69) is 39.2 Å². The number of piperazine rings is 1. The second-order valence-electron chi connectivity index (χ2n) is 6.10. The highest BCUT2D eigenvalue weighted by atomic mass is 16.1. The van der Waals surface area contributed by atoms with Gasteiger partial charge in [0.25, 0.3) is 0 Å². The average molecular weight is 325 g/mol. The van der Waals surface area contributed by atoms with Crippen LogP contribution >= 0.6 is 0 Å². The van der Waals surface area contributed by atoms with E-state index in [1.165, 1.54) is 11.1 Å². The number of nitrogens with one attached hydrogen (secondary N) is 1. The van der Waals surface area contributed by atoms with Gasteiger partial charge in [0, 0.05) is 44.5 Å². The fourth-order valence-corrected chi connectivity index (χ4v) is 2.83. The van der Waals surface area contributed by atoms with E-state index in [1.54, 1.807) is 4.90 Å². The standard InChI is InChI=1S/C18H23N5O/c1-14-5-3-4-6-16(14)12-19-18-20-15(2)11-17(21-18)23-9-7-22(13-24)8-10-23/h3-6,11,13H,7-10,12H2,1-2H3,(H,19,20,21). The number of anilines is 2. The summed E-state index contributed by atoms with van der Waals surface area (Å²) in [5.41, 5.74) is 3.43. The van der Waals surface area contributed by atoms with Gasteiger partial charge in [-0.15, -0.1) is 0 Å². The third-order valence-electron chi connectivity index (χ3n) is 4.33. The van der Waals surface area contributed by atoms with E-state index in [1.807, 2.05) is 25.1 Å². The van der Waals surface area contributed by atoms with Crippen molar-refractivity contribution in [2.45, 2.75) is 20.4 Å². The molecule has 2 heterocycles. The SMILES string of the molecule is Cc1cc(N2CCN(C=O)CC2)nc(NCc2ccccc2C)n1. The lowest BCUT2D eigenvalue weighted by atomic mass is 10.1. The molecule has 1 aliphatic rings. The summed E-state index contributed by atoms with van der Waals surface area (Å²) < 4.78 is 0. The summed E-state index contributed by atoms with van der Waals surface area (Å²) >= 11 is 0. The molecule has 1 saturated heterocycles. The third kappa shape index (κ3) is 3.82. The smallest absolute Gasteiger partial charge is 0.225 e. The van der Waals surface area contributed by atoms with Gasteiger partial charge in [0.05, 0.1) is 0 Å². The summed E-state index contributed by atoms with van der Waals surface area (Å²) in [5, 5.41) is 3.33. The molecule has 24 heavy (non-hydrogen) atoms. The van der Waals surface area contributed by atoms with Crippen LogP contribution in [-0.4, -0.2) is 47.5 Å². The second kappa shape index (κ2) is 7.29. The number of aromatic nitrogens is 2. The molecule has 0 unspecified atom stereocenters. The zero-order valence-electron chi connectivity index (χ0n) is 14.2. The molecular formula is C18H23N5O. The van der Waals surface area contributed by atoms with Crippen LogP contribution in [0.25, 0.3) is 0 Å². The Bertz CT molecular complexity index is 710. The van der Waals surface area contributed by atoms with E-state index < -0.39 is 0 Å². The van der Waals surface area contributed by atoms with Crippen molar-refractivity contribution in [3.63, 3.8) is 0 Å². The van der Waals surface area contributed by atoms with Gasteiger partial charge in [0.2, 0.25) is 12.4 Å². The molecule has 0 saturated carbocycles. The van der Waals surface area contributed by atoms with Crippen LogP contribution in [0, 0.1) is 13.8 Å². The first-order chi connectivity index (χ1) is 11.7. The van der Waals surface area contributed by atoms with E-state index in [0.29, 0.717) is 12.5 Å². The van der Waals surface area contributed by atoms with Gasteiger partial charge in [-0.1, -0.05) is 24.3 Å². The van der Waals surface area contributed by atoms with E-state index in [-0.39, 0.29) is 0 Å². The largest absolute Gasteiger partial charge is 0.353 e. The summed E-state index contributed by atoms with van der Waals surface area (Å²) in [5.74, 6) is 1.56. The van der Waals surface area contributed by atoms with E-state index >= 15 is 0 Å². The topological polar surface area (TPSA) is 61.4 Å². The minimum absolute atomic E-state index is 0.645. The Labute approximate surface area is 142 Å². The molecule has 1 N–H and O–H groups in total. The van der Waals surface area contributed by atoms with Crippen molar-refractivity contribution in [3.8, 4) is 0 Å². The minimum atomic E-state index is 0.645. The maximum absolute atomic E-state index is 10.8. The Morgan fingerprint density at radius 3 is 2.58 bits per heavy atom. The van der Waals surface area contributed by atoms with Gasteiger partial charge in [-0.3, -0.25) is 4.79 Å². The zero-order valence-corrected chi connectivity index (χ0v) is 14.2. The summed E-state index contributed by atoms with van der Waals surface area (Å²) in [6, 6.07) is 10.3. The van der Waals surface area contributed by atoms with Gasteiger partial charge < -0.3 is 15.1 Å². The maximum Gasteiger partial charge on any atom is 0.225 e. The van der Waals surface area contributed by atoms with Crippen molar-refractivity contribution in [2.75, 3.05) is 36.4 Å². The van der Waals surface area contributed by atoms with Gasteiger partial charge in [-0.2, -0.15) is 4.98 Å². The van der Waals surface area contributed by atoms with Crippen molar-refractivity contribution in [2.24, 2.45) is 0 Å². The van der Waals surface area contributed by atoms with Gasteiger partial charge >= 0.3 is 0 Å². The number of aryl methyl sites for hydroxylation is 2. The number of amides is 1. The van der Waals surface area contributed by atoms with Crippen molar-refractivity contribution in [1.82, 2.24) is 14.9 Å². The normalized spacial score (nSPS) is 14.6. The molecule has 1 aromatic heterocycles. The number of rotatable bonds is 5. The maximum atomic E-state index is 10.8.